The van der Waals surface area contributed by atoms with Gasteiger partial charge in [0.05, 0.1) is 11.4 Å². The van der Waals surface area contributed by atoms with Crippen molar-refractivity contribution in [2.75, 3.05) is 13.1 Å². The summed E-state index contributed by atoms with van der Waals surface area (Å²) in [4.78, 5) is 16.1. The molecule has 0 bridgehead atoms. The van der Waals surface area contributed by atoms with Crippen molar-refractivity contribution in [3.63, 3.8) is 0 Å². The van der Waals surface area contributed by atoms with Gasteiger partial charge in [0.15, 0.2) is 0 Å². The predicted molar refractivity (Wildman–Crippen MR) is 80.4 cm³/mol. The zero-order chi connectivity index (χ0) is 15.6. The summed E-state index contributed by atoms with van der Waals surface area (Å²) in [6.07, 6.45) is 2.69. The summed E-state index contributed by atoms with van der Waals surface area (Å²) in [5.41, 5.74) is 0.885. The molecule has 0 saturated heterocycles. The number of hydrogen-bond donors (Lipinski definition) is 1. The van der Waals surface area contributed by atoms with Gasteiger partial charge in [0.2, 0.25) is 5.78 Å². The van der Waals surface area contributed by atoms with Gasteiger partial charge in [-0.15, -0.1) is 0 Å². The molecule has 0 aromatic carbocycles. The fourth-order valence-electron chi connectivity index (χ4n) is 1.49. The molecule has 1 N–H and O–H groups in total. The van der Waals surface area contributed by atoms with Crippen LogP contribution in [0.3, 0.4) is 0 Å². The molecule has 1 aliphatic rings. The third-order valence-corrected chi connectivity index (χ3v) is 2.59. The molecule has 0 amide bonds. The third kappa shape index (κ3) is 7.84. The molecule has 0 unspecified atom stereocenters. The molecule has 1 rings (SSSR count). The Hall–Kier alpha value is -0.580. The van der Waals surface area contributed by atoms with Crippen LogP contribution in [0.2, 0.25) is 0 Å². The maximum atomic E-state index is 11.8. The van der Waals surface area contributed by atoms with E-state index in [1.165, 1.54) is 0 Å². The fraction of sp³-hybridized carbons (Fsp3) is 0.625. The number of allylic oxidation sites excluding steroid dienone is 2. The third-order valence-electron chi connectivity index (χ3n) is 2.59. The minimum atomic E-state index is -0.305. The number of nitrogens with zero attached hydrogens (tertiary/aromatic N) is 1. The van der Waals surface area contributed by atoms with Gasteiger partial charge < -0.3 is 10.4 Å². The summed E-state index contributed by atoms with van der Waals surface area (Å²) >= 11 is 0. The van der Waals surface area contributed by atoms with Gasteiger partial charge in [0.1, 0.15) is 0 Å². The van der Waals surface area contributed by atoms with Crippen molar-refractivity contribution in [3.8, 4) is 0 Å². The van der Waals surface area contributed by atoms with Crippen molar-refractivity contribution in [2.24, 2.45) is 15.8 Å². The molecule has 1 aliphatic carbocycles. The minimum absolute atomic E-state index is 0. The van der Waals surface area contributed by atoms with E-state index in [9.17, 15) is 9.90 Å². The number of aliphatic imine (C=N–C) groups is 1. The summed E-state index contributed by atoms with van der Waals surface area (Å²) in [6.45, 7) is 13.6. The Balaban J connectivity index is 0.00000400. The molecule has 0 aromatic rings. The van der Waals surface area contributed by atoms with E-state index in [0.29, 0.717) is 24.5 Å². The quantitative estimate of drug-likeness (QED) is 0.527. The molecule has 21 heavy (non-hydrogen) atoms. The van der Waals surface area contributed by atoms with Gasteiger partial charge in [0, 0.05) is 13.1 Å². The first-order valence-electron chi connectivity index (χ1n) is 6.91. The normalized spacial score (nSPS) is 18.0. The largest absolute Gasteiger partial charge is 1.00 e. The first-order chi connectivity index (χ1) is 8.98. The average Bonchev–Trinajstić information content (AvgIpc) is 2.24. The van der Waals surface area contributed by atoms with Crippen molar-refractivity contribution in [3.05, 3.63) is 23.6 Å². The van der Waals surface area contributed by atoms with Crippen molar-refractivity contribution < 1.29 is 39.5 Å². The van der Waals surface area contributed by atoms with Crippen LogP contribution >= 0.6 is 0 Å². The molecule has 0 fully saturated rings. The van der Waals surface area contributed by atoms with E-state index in [4.69, 9.17) is 0 Å². The smallest absolute Gasteiger partial charge is 0.871 e. The summed E-state index contributed by atoms with van der Waals surface area (Å²) in [5, 5.41) is 14.9. The van der Waals surface area contributed by atoms with Crippen LogP contribution in [0.1, 0.15) is 41.5 Å². The molecule has 0 atom stereocenters. The number of carbonyl (C=O) groups is 1. The minimum Gasteiger partial charge on any atom is -0.871 e. The first kappa shape index (κ1) is 20.4. The van der Waals surface area contributed by atoms with Gasteiger partial charge >= 0.3 is 29.6 Å². The van der Waals surface area contributed by atoms with Crippen LogP contribution in [0.5, 0.6) is 0 Å². The molecule has 0 radical (unpaired) electrons. The van der Waals surface area contributed by atoms with Gasteiger partial charge in [-0.2, -0.15) is 0 Å². The summed E-state index contributed by atoms with van der Waals surface area (Å²) in [5.74, 6) is -0.575. The van der Waals surface area contributed by atoms with E-state index in [1.807, 2.05) is 0 Å². The second-order valence-electron chi connectivity index (χ2n) is 7.61. The van der Waals surface area contributed by atoms with Crippen molar-refractivity contribution in [1.82, 2.24) is 5.32 Å². The number of carbonyl (C=O) groups excluding carboxylic acids is 1. The molecule has 0 heterocycles. The van der Waals surface area contributed by atoms with E-state index in [2.05, 4.69) is 51.9 Å². The van der Waals surface area contributed by atoms with Gasteiger partial charge in [-0.3, -0.25) is 9.79 Å². The number of nitrogens with one attached hydrogen (secondary N) is 1. The van der Waals surface area contributed by atoms with Crippen LogP contribution in [0.15, 0.2) is 28.6 Å². The van der Waals surface area contributed by atoms with E-state index in [0.717, 1.165) is 6.08 Å². The van der Waals surface area contributed by atoms with Gasteiger partial charge in [-0.05, 0) is 23.0 Å². The van der Waals surface area contributed by atoms with E-state index in [1.54, 1.807) is 6.08 Å². The Labute approximate surface area is 150 Å². The second kappa shape index (κ2) is 7.61. The number of ketones is 1. The zero-order valence-electron chi connectivity index (χ0n) is 14.3. The van der Waals surface area contributed by atoms with Crippen LogP contribution in [-0.4, -0.2) is 24.6 Å². The fourth-order valence-corrected chi connectivity index (χ4v) is 1.49. The SMILES string of the molecule is CC(C)(C)CN=C1C=C(NCC(C)(C)C)C(=O)C=C1[O-].[Na+]. The van der Waals surface area contributed by atoms with Crippen molar-refractivity contribution in [2.45, 2.75) is 41.5 Å². The van der Waals surface area contributed by atoms with E-state index < -0.39 is 0 Å². The van der Waals surface area contributed by atoms with Crippen molar-refractivity contribution in [1.29, 1.82) is 0 Å². The average molecular weight is 300 g/mol. The van der Waals surface area contributed by atoms with Gasteiger partial charge in [0.25, 0.3) is 0 Å². The molecular formula is C16H25N2NaO2. The summed E-state index contributed by atoms with van der Waals surface area (Å²) in [6, 6.07) is 0. The Morgan fingerprint density at radius 3 is 2.14 bits per heavy atom. The van der Waals surface area contributed by atoms with E-state index in [-0.39, 0.29) is 51.9 Å². The van der Waals surface area contributed by atoms with Gasteiger partial charge in [-0.25, -0.2) is 0 Å². The van der Waals surface area contributed by atoms with Crippen LogP contribution in [-0.2, 0) is 4.79 Å². The topological polar surface area (TPSA) is 64.5 Å². The monoisotopic (exact) mass is 300 g/mol. The second-order valence-corrected chi connectivity index (χ2v) is 7.61. The predicted octanol–water partition coefficient (Wildman–Crippen LogP) is -1.18. The van der Waals surface area contributed by atoms with Crippen molar-refractivity contribution >= 4 is 11.5 Å². The van der Waals surface area contributed by atoms with E-state index >= 15 is 0 Å². The number of hydrogen-bond acceptors (Lipinski definition) is 4. The molecule has 0 spiro atoms. The summed E-state index contributed by atoms with van der Waals surface area (Å²) in [7, 11) is 0. The molecular weight excluding hydrogens is 275 g/mol. The molecule has 0 aromatic heterocycles. The summed E-state index contributed by atoms with van der Waals surface area (Å²) < 4.78 is 0. The standard InChI is InChI=1S/C16H26N2O2.Na/c1-15(2,3)9-17-11-7-12(14(20)8-13(11)19)18-10-16(4,5)6;/h7-8,17,20H,9-10H2,1-6H3;/q;+1/p-1. The maximum absolute atomic E-state index is 11.8. The first-order valence-corrected chi connectivity index (χ1v) is 6.91. The van der Waals surface area contributed by atoms with Crippen LogP contribution < -0.4 is 40.0 Å². The van der Waals surface area contributed by atoms with Crippen LogP contribution in [0.4, 0.5) is 0 Å². The Morgan fingerprint density at radius 1 is 1.10 bits per heavy atom. The molecule has 4 nitrogen and oxygen atoms in total. The zero-order valence-corrected chi connectivity index (χ0v) is 16.3. The van der Waals surface area contributed by atoms with Crippen LogP contribution in [0.25, 0.3) is 0 Å². The molecule has 0 aliphatic heterocycles. The Morgan fingerprint density at radius 2 is 1.67 bits per heavy atom. The molecule has 0 saturated carbocycles. The van der Waals surface area contributed by atoms with Gasteiger partial charge in [-0.1, -0.05) is 47.3 Å². The van der Waals surface area contributed by atoms with Crippen LogP contribution in [0, 0.1) is 10.8 Å². The number of rotatable bonds is 3. The maximum Gasteiger partial charge on any atom is 1.00 e. The molecule has 5 heteroatoms. The molecule has 112 valence electrons. The Kier molecular flexibility index (Phi) is 7.40. The Bertz CT molecular complexity index is 477.